The highest BCUT2D eigenvalue weighted by atomic mass is 16.4. The Morgan fingerprint density at radius 3 is 1.77 bits per heavy atom. The molecule has 2 amide bonds. The molecular formula is C8H16N2O3. The molecule has 76 valence electrons. The van der Waals surface area contributed by atoms with Gasteiger partial charge in [-0.25, -0.2) is 4.79 Å². The third-order valence-electron chi connectivity index (χ3n) is 1.92. The molecule has 1 fully saturated rings. The van der Waals surface area contributed by atoms with Crippen LogP contribution in [0.15, 0.2) is 0 Å². The predicted molar refractivity (Wildman–Crippen MR) is 48.2 cm³/mol. The number of carbonyl (C=O) groups is 2. The van der Waals surface area contributed by atoms with Crippen LogP contribution in [0.25, 0.3) is 0 Å². The van der Waals surface area contributed by atoms with E-state index in [1.807, 2.05) is 21.0 Å². The summed E-state index contributed by atoms with van der Waals surface area (Å²) in [6.07, 6.45) is 0.814. The van der Waals surface area contributed by atoms with Gasteiger partial charge in [0.15, 0.2) is 0 Å². The minimum Gasteiger partial charge on any atom is -0.465 e. The average Bonchev–Trinajstić information content (AvgIpc) is 2.66. The van der Waals surface area contributed by atoms with Crippen LogP contribution in [-0.2, 0) is 4.79 Å². The molecule has 1 aliphatic carbocycles. The molecule has 3 N–H and O–H groups in total. The summed E-state index contributed by atoms with van der Waals surface area (Å²) in [5.74, 6) is 0.280. The van der Waals surface area contributed by atoms with Crippen LogP contribution in [0.3, 0.4) is 0 Å². The molecule has 1 saturated carbocycles. The number of carboxylic acid groups (broad SMARTS) is 1. The molecule has 0 aromatic carbocycles. The summed E-state index contributed by atoms with van der Waals surface area (Å²) in [5.41, 5.74) is 4.05. The Hall–Kier alpha value is -1.26. The van der Waals surface area contributed by atoms with E-state index in [4.69, 9.17) is 9.90 Å². The normalized spacial score (nSPS) is 16.5. The minimum atomic E-state index is -1.33. The van der Waals surface area contributed by atoms with E-state index < -0.39 is 6.09 Å². The highest BCUT2D eigenvalue weighted by molar-refractivity contribution is 5.84. The monoisotopic (exact) mass is 188 g/mol. The quantitative estimate of drug-likeness (QED) is 0.628. The zero-order chi connectivity index (χ0) is 10.6. The number of nitrogens with two attached hydrogens (primary N) is 1. The van der Waals surface area contributed by atoms with Gasteiger partial charge in [-0.3, -0.25) is 4.79 Å². The summed E-state index contributed by atoms with van der Waals surface area (Å²) in [6.45, 7) is 2.02. The number of amides is 2. The smallest absolute Gasteiger partial charge is 0.402 e. The van der Waals surface area contributed by atoms with Crippen molar-refractivity contribution in [2.24, 2.45) is 11.1 Å². The zero-order valence-corrected chi connectivity index (χ0v) is 8.20. The maximum absolute atomic E-state index is 11.2. The standard InChI is InChI=1S/C7H13NO.CH3NO2/c1-7(4-5-7)6(9)8(2)3;2-1(3)4/h4-5H2,1-3H3;2H2,(H,3,4). The number of primary amides is 1. The lowest BCUT2D eigenvalue weighted by Gasteiger charge is -2.14. The lowest BCUT2D eigenvalue weighted by molar-refractivity contribution is -0.133. The Kier molecular flexibility index (Phi) is 3.71. The Bertz CT molecular complexity index is 205. The third-order valence-corrected chi connectivity index (χ3v) is 1.92. The van der Waals surface area contributed by atoms with Gasteiger partial charge in [0.25, 0.3) is 0 Å². The molecule has 1 rings (SSSR count). The van der Waals surface area contributed by atoms with Crippen molar-refractivity contribution in [3.05, 3.63) is 0 Å². The number of hydrogen-bond donors (Lipinski definition) is 2. The van der Waals surface area contributed by atoms with E-state index in [1.165, 1.54) is 0 Å². The maximum Gasteiger partial charge on any atom is 0.402 e. The molecule has 5 heteroatoms. The van der Waals surface area contributed by atoms with Gasteiger partial charge in [-0.05, 0) is 12.8 Å². The van der Waals surface area contributed by atoms with Crippen molar-refractivity contribution < 1.29 is 14.7 Å². The molecule has 0 bridgehead atoms. The minimum absolute atomic E-state index is 0.0174. The summed E-state index contributed by atoms with van der Waals surface area (Å²) in [7, 11) is 3.62. The SMILES string of the molecule is CN(C)C(=O)C1(C)CC1.NC(=O)O. The van der Waals surface area contributed by atoms with Gasteiger partial charge in [0.05, 0.1) is 0 Å². The Labute approximate surface area is 77.5 Å². The van der Waals surface area contributed by atoms with E-state index in [1.54, 1.807) is 4.90 Å². The van der Waals surface area contributed by atoms with Crippen molar-refractivity contribution in [1.82, 2.24) is 4.90 Å². The van der Waals surface area contributed by atoms with E-state index in [9.17, 15) is 4.79 Å². The molecular weight excluding hydrogens is 172 g/mol. The predicted octanol–water partition coefficient (Wildman–Crippen LogP) is 0.498. The summed E-state index contributed by atoms with van der Waals surface area (Å²) >= 11 is 0. The molecule has 5 nitrogen and oxygen atoms in total. The molecule has 0 heterocycles. The van der Waals surface area contributed by atoms with Crippen LogP contribution in [0.1, 0.15) is 19.8 Å². The second-order valence-electron chi connectivity index (χ2n) is 3.60. The lowest BCUT2D eigenvalue weighted by atomic mass is 10.1. The highest BCUT2D eigenvalue weighted by Gasteiger charge is 2.45. The van der Waals surface area contributed by atoms with Crippen LogP contribution in [0.2, 0.25) is 0 Å². The van der Waals surface area contributed by atoms with Gasteiger partial charge in [0.1, 0.15) is 0 Å². The summed E-state index contributed by atoms with van der Waals surface area (Å²) < 4.78 is 0. The van der Waals surface area contributed by atoms with Gasteiger partial charge in [0.2, 0.25) is 5.91 Å². The Morgan fingerprint density at radius 2 is 1.69 bits per heavy atom. The largest absolute Gasteiger partial charge is 0.465 e. The first kappa shape index (κ1) is 11.7. The maximum atomic E-state index is 11.2. The number of nitrogens with zero attached hydrogens (tertiary/aromatic N) is 1. The molecule has 0 aromatic rings. The van der Waals surface area contributed by atoms with Crippen molar-refractivity contribution in [1.29, 1.82) is 0 Å². The molecule has 0 spiro atoms. The molecule has 0 aromatic heterocycles. The molecule has 0 saturated heterocycles. The first-order valence-electron chi connectivity index (χ1n) is 4.00. The van der Waals surface area contributed by atoms with Gasteiger partial charge < -0.3 is 15.7 Å². The van der Waals surface area contributed by atoms with Crippen LogP contribution in [-0.4, -0.2) is 36.1 Å². The molecule has 0 radical (unpaired) electrons. The van der Waals surface area contributed by atoms with E-state index in [0.717, 1.165) is 12.8 Å². The van der Waals surface area contributed by atoms with E-state index in [-0.39, 0.29) is 11.3 Å². The van der Waals surface area contributed by atoms with E-state index in [2.05, 4.69) is 5.73 Å². The van der Waals surface area contributed by atoms with Crippen molar-refractivity contribution in [3.8, 4) is 0 Å². The van der Waals surface area contributed by atoms with Crippen molar-refractivity contribution in [2.45, 2.75) is 19.8 Å². The van der Waals surface area contributed by atoms with Crippen molar-refractivity contribution >= 4 is 12.0 Å². The number of carbonyl (C=O) groups excluding carboxylic acids is 1. The number of rotatable bonds is 1. The average molecular weight is 188 g/mol. The molecule has 13 heavy (non-hydrogen) atoms. The second-order valence-corrected chi connectivity index (χ2v) is 3.60. The summed E-state index contributed by atoms with van der Waals surface area (Å²) in [5, 5.41) is 7.19. The van der Waals surface area contributed by atoms with Crippen LogP contribution >= 0.6 is 0 Å². The molecule has 1 aliphatic rings. The van der Waals surface area contributed by atoms with Crippen LogP contribution in [0.5, 0.6) is 0 Å². The summed E-state index contributed by atoms with van der Waals surface area (Å²) in [4.78, 5) is 21.6. The van der Waals surface area contributed by atoms with E-state index >= 15 is 0 Å². The fourth-order valence-electron chi connectivity index (χ4n) is 0.941. The topological polar surface area (TPSA) is 83.6 Å². The van der Waals surface area contributed by atoms with Gasteiger partial charge in [0, 0.05) is 19.5 Å². The van der Waals surface area contributed by atoms with Crippen LogP contribution in [0, 0.1) is 5.41 Å². The summed E-state index contributed by atoms with van der Waals surface area (Å²) in [6, 6.07) is 0. The van der Waals surface area contributed by atoms with Gasteiger partial charge in [-0.15, -0.1) is 0 Å². The fourth-order valence-corrected chi connectivity index (χ4v) is 0.941. The Morgan fingerprint density at radius 1 is 1.38 bits per heavy atom. The lowest BCUT2D eigenvalue weighted by Crippen LogP contribution is -2.28. The molecule has 0 unspecified atom stereocenters. The molecule has 0 aliphatic heterocycles. The first-order valence-corrected chi connectivity index (χ1v) is 4.00. The Balaban J connectivity index is 0.000000310. The third kappa shape index (κ3) is 4.35. The van der Waals surface area contributed by atoms with Crippen LogP contribution < -0.4 is 5.73 Å². The number of hydrogen-bond acceptors (Lipinski definition) is 2. The van der Waals surface area contributed by atoms with Gasteiger partial charge in [-0.2, -0.15) is 0 Å². The first-order chi connectivity index (χ1) is 5.79. The zero-order valence-electron chi connectivity index (χ0n) is 8.20. The van der Waals surface area contributed by atoms with Gasteiger partial charge in [-0.1, -0.05) is 6.92 Å². The van der Waals surface area contributed by atoms with Crippen molar-refractivity contribution in [3.63, 3.8) is 0 Å². The molecule has 0 atom stereocenters. The van der Waals surface area contributed by atoms with Crippen LogP contribution in [0.4, 0.5) is 4.79 Å². The second kappa shape index (κ2) is 4.11. The highest BCUT2D eigenvalue weighted by Crippen LogP contribution is 2.45. The van der Waals surface area contributed by atoms with E-state index in [0.29, 0.717) is 0 Å². The van der Waals surface area contributed by atoms with Crippen molar-refractivity contribution in [2.75, 3.05) is 14.1 Å². The fraction of sp³-hybridized carbons (Fsp3) is 0.750. The van der Waals surface area contributed by atoms with Gasteiger partial charge >= 0.3 is 6.09 Å².